The summed E-state index contributed by atoms with van der Waals surface area (Å²) < 4.78 is 0. The van der Waals surface area contributed by atoms with Crippen LogP contribution in [0.2, 0.25) is 0 Å². The number of anilines is 2. The first-order valence-electron chi connectivity index (χ1n) is 9.28. The fourth-order valence-electron chi connectivity index (χ4n) is 3.63. The quantitative estimate of drug-likeness (QED) is 0.694. The number of thiazole rings is 1. The van der Waals surface area contributed by atoms with Crippen molar-refractivity contribution in [2.24, 2.45) is 0 Å². The Morgan fingerprint density at radius 3 is 2.70 bits per heavy atom. The molecule has 0 bridgehead atoms. The zero-order chi connectivity index (χ0) is 18.8. The summed E-state index contributed by atoms with van der Waals surface area (Å²) >= 11 is 1.44. The van der Waals surface area contributed by atoms with Crippen LogP contribution in [0.15, 0.2) is 54.6 Å². The summed E-state index contributed by atoms with van der Waals surface area (Å²) in [6.07, 6.45) is 3.18. The van der Waals surface area contributed by atoms with Gasteiger partial charge in [0.15, 0.2) is 5.13 Å². The van der Waals surface area contributed by atoms with Gasteiger partial charge in [0.1, 0.15) is 4.88 Å². The van der Waals surface area contributed by atoms with E-state index in [0.717, 1.165) is 35.8 Å². The van der Waals surface area contributed by atoms with Crippen LogP contribution in [0.4, 0.5) is 10.8 Å². The fraction of sp³-hybridized carbons (Fsp3) is 0.273. The summed E-state index contributed by atoms with van der Waals surface area (Å²) in [5.74, 6) is -0.0283. The minimum absolute atomic E-state index is 0.0283. The van der Waals surface area contributed by atoms with Gasteiger partial charge in [0.05, 0.1) is 11.7 Å². The van der Waals surface area contributed by atoms with Gasteiger partial charge >= 0.3 is 0 Å². The largest absolute Gasteiger partial charge is 0.344 e. The van der Waals surface area contributed by atoms with Gasteiger partial charge in [-0.25, -0.2) is 4.98 Å². The van der Waals surface area contributed by atoms with Crippen LogP contribution in [0, 0.1) is 6.92 Å². The average molecular weight is 378 g/mol. The van der Waals surface area contributed by atoms with E-state index in [0.29, 0.717) is 4.88 Å². The summed E-state index contributed by atoms with van der Waals surface area (Å²) in [6.45, 7) is 1.91. The molecule has 4 nitrogen and oxygen atoms in total. The number of hydrogen-bond acceptors (Lipinski definition) is 4. The highest BCUT2D eigenvalue weighted by Gasteiger charge is 2.24. The molecule has 0 saturated carbocycles. The van der Waals surface area contributed by atoms with Gasteiger partial charge in [-0.2, -0.15) is 0 Å². The Hall–Kier alpha value is -2.66. The maximum atomic E-state index is 13.0. The van der Waals surface area contributed by atoms with Gasteiger partial charge in [0.2, 0.25) is 0 Å². The highest BCUT2D eigenvalue weighted by atomic mass is 32.1. The van der Waals surface area contributed by atoms with Crippen molar-refractivity contribution in [1.82, 2.24) is 10.3 Å². The van der Waals surface area contributed by atoms with Crippen molar-refractivity contribution in [2.75, 3.05) is 11.9 Å². The van der Waals surface area contributed by atoms with E-state index in [1.165, 1.54) is 22.5 Å². The molecule has 0 radical (unpaired) electrons. The number of rotatable bonds is 4. The first kappa shape index (κ1) is 17.7. The first-order valence-corrected chi connectivity index (χ1v) is 10.1. The zero-order valence-corrected chi connectivity index (χ0v) is 16.4. The molecule has 1 amide bonds. The van der Waals surface area contributed by atoms with E-state index in [4.69, 9.17) is 0 Å². The van der Waals surface area contributed by atoms with E-state index < -0.39 is 0 Å². The molecule has 4 rings (SSSR count). The minimum Gasteiger partial charge on any atom is -0.344 e. The molecule has 138 valence electrons. The number of benzene rings is 2. The van der Waals surface area contributed by atoms with Crippen LogP contribution in [0.1, 0.15) is 45.4 Å². The third-order valence-electron chi connectivity index (χ3n) is 5.10. The normalized spacial score (nSPS) is 15.9. The lowest BCUT2D eigenvalue weighted by Gasteiger charge is -2.26. The fourth-order valence-corrected chi connectivity index (χ4v) is 4.58. The first-order chi connectivity index (χ1) is 13.1. The van der Waals surface area contributed by atoms with E-state index >= 15 is 0 Å². The van der Waals surface area contributed by atoms with Gasteiger partial charge in [-0.3, -0.25) is 4.79 Å². The van der Waals surface area contributed by atoms with Crippen molar-refractivity contribution in [1.29, 1.82) is 0 Å². The monoisotopic (exact) mass is 377 g/mol. The molecule has 0 spiro atoms. The molecule has 3 aromatic rings. The Labute approximate surface area is 163 Å². The summed E-state index contributed by atoms with van der Waals surface area (Å²) in [6, 6.07) is 18.6. The van der Waals surface area contributed by atoms with E-state index in [9.17, 15) is 4.79 Å². The number of carbonyl (C=O) groups excluding carboxylic acids is 1. The number of nitrogens with zero attached hydrogens (tertiary/aromatic N) is 2. The lowest BCUT2D eigenvalue weighted by molar-refractivity contribution is 0.0936. The third kappa shape index (κ3) is 3.60. The smallest absolute Gasteiger partial charge is 0.263 e. The Bertz CT molecular complexity index is 951. The van der Waals surface area contributed by atoms with Crippen LogP contribution in [0.5, 0.6) is 0 Å². The summed E-state index contributed by atoms with van der Waals surface area (Å²) in [5.41, 5.74) is 4.43. The SMILES string of the molecule is Cc1nc(N(C)c2ccccc2)sc1C(=O)N[C@@H]1CCCc2ccccc21. The number of hydrogen-bond donors (Lipinski definition) is 1. The van der Waals surface area contributed by atoms with Crippen LogP contribution in [-0.4, -0.2) is 17.9 Å². The standard InChI is InChI=1S/C22H23N3OS/c1-15-20(27-22(23-15)25(2)17-11-4-3-5-12-17)21(26)24-19-14-8-10-16-9-6-7-13-18(16)19/h3-7,9,11-13,19H,8,10,14H2,1-2H3,(H,24,26)/t19-/m1/s1. The number of aryl methyl sites for hydroxylation is 2. The third-order valence-corrected chi connectivity index (χ3v) is 6.33. The number of fused-ring (bicyclic) bond motifs is 1. The van der Waals surface area contributed by atoms with Gasteiger partial charge in [0, 0.05) is 12.7 Å². The highest BCUT2D eigenvalue weighted by Crippen LogP contribution is 2.33. The van der Waals surface area contributed by atoms with E-state index in [-0.39, 0.29) is 11.9 Å². The molecule has 0 aliphatic heterocycles. The van der Waals surface area contributed by atoms with Crippen molar-refractivity contribution >= 4 is 28.1 Å². The van der Waals surface area contributed by atoms with Crippen molar-refractivity contribution in [3.05, 3.63) is 76.3 Å². The second-order valence-corrected chi connectivity index (χ2v) is 7.90. The maximum absolute atomic E-state index is 13.0. The van der Waals surface area contributed by atoms with E-state index in [2.05, 4.69) is 28.5 Å². The molecule has 1 heterocycles. The van der Waals surface area contributed by atoms with Gasteiger partial charge in [-0.1, -0.05) is 53.8 Å². The van der Waals surface area contributed by atoms with Gasteiger partial charge in [-0.05, 0) is 49.4 Å². The molecule has 1 aliphatic carbocycles. The molecule has 1 N–H and O–H groups in total. The van der Waals surface area contributed by atoms with Crippen LogP contribution in [0.25, 0.3) is 0 Å². The van der Waals surface area contributed by atoms with Gasteiger partial charge in [0.25, 0.3) is 5.91 Å². The number of para-hydroxylation sites is 1. The molecular formula is C22H23N3OS. The van der Waals surface area contributed by atoms with Gasteiger partial charge in [-0.15, -0.1) is 0 Å². The maximum Gasteiger partial charge on any atom is 0.263 e. The molecule has 0 fully saturated rings. The van der Waals surface area contributed by atoms with Crippen LogP contribution in [0.3, 0.4) is 0 Å². The van der Waals surface area contributed by atoms with Crippen LogP contribution >= 0.6 is 11.3 Å². The van der Waals surface area contributed by atoms with E-state index in [1.807, 2.05) is 55.3 Å². The van der Waals surface area contributed by atoms with Crippen molar-refractivity contribution in [2.45, 2.75) is 32.2 Å². The highest BCUT2D eigenvalue weighted by molar-refractivity contribution is 7.17. The second kappa shape index (κ2) is 7.53. The zero-order valence-electron chi connectivity index (χ0n) is 15.6. The molecule has 5 heteroatoms. The van der Waals surface area contributed by atoms with Crippen LogP contribution < -0.4 is 10.2 Å². The Balaban J connectivity index is 1.54. The summed E-state index contributed by atoms with van der Waals surface area (Å²) in [5, 5.41) is 4.06. The molecule has 1 aromatic heterocycles. The molecule has 0 unspecified atom stereocenters. The van der Waals surface area contributed by atoms with E-state index in [1.54, 1.807) is 0 Å². The number of amides is 1. The Morgan fingerprint density at radius 2 is 1.89 bits per heavy atom. The molecule has 27 heavy (non-hydrogen) atoms. The lowest BCUT2D eigenvalue weighted by atomic mass is 9.88. The lowest BCUT2D eigenvalue weighted by Crippen LogP contribution is -2.30. The van der Waals surface area contributed by atoms with Crippen LogP contribution in [-0.2, 0) is 6.42 Å². The number of carbonyl (C=O) groups is 1. The predicted octanol–water partition coefficient (Wildman–Crippen LogP) is 5.03. The second-order valence-electron chi connectivity index (χ2n) is 6.92. The molecule has 2 aromatic carbocycles. The number of aromatic nitrogens is 1. The van der Waals surface area contributed by atoms with Crippen molar-refractivity contribution in [3.63, 3.8) is 0 Å². The Kier molecular flexibility index (Phi) is 4.94. The predicted molar refractivity (Wildman–Crippen MR) is 111 cm³/mol. The van der Waals surface area contributed by atoms with Gasteiger partial charge < -0.3 is 10.2 Å². The number of nitrogens with one attached hydrogen (secondary N) is 1. The van der Waals surface area contributed by atoms with Crippen molar-refractivity contribution in [3.8, 4) is 0 Å². The summed E-state index contributed by atoms with van der Waals surface area (Å²) in [7, 11) is 1.98. The molecule has 1 aliphatic rings. The molecule has 1 atom stereocenters. The minimum atomic E-state index is -0.0283. The molecule has 0 saturated heterocycles. The topological polar surface area (TPSA) is 45.2 Å². The van der Waals surface area contributed by atoms with Crippen molar-refractivity contribution < 1.29 is 4.79 Å². The average Bonchev–Trinajstić information content (AvgIpc) is 3.10. The molecular weight excluding hydrogens is 354 g/mol. The summed E-state index contributed by atoms with van der Waals surface area (Å²) in [4.78, 5) is 20.3. The Morgan fingerprint density at radius 1 is 1.15 bits per heavy atom.